The van der Waals surface area contributed by atoms with Crippen LogP contribution in [0.5, 0.6) is 11.5 Å². The molecule has 0 saturated heterocycles. The van der Waals surface area contributed by atoms with Gasteiger partial charge >= 0.3 is 0 Å². The highest BCUT2D eigenvalue weighted by Crippen LogP contribution is 2.39. The number of hydrogen-bond donors (Lipinski definition) is 1. The highest BCUT2D eigenvalue weighted by Gasteiger charge is 2.32. The molecule has 106 valence electrons. The molecule has 4 heteroatoms. The van der Waals surface area contributed by atoms with E-state index < -0.39 is 5.60 Å². The summed E-state index contributed by atoms with van der Waals surface area (Å²) in [5.41, 5.74) is 1.34. The number of hydrogen-bond acceptors (Lipinski definition) is 4. The van der Waals surface area contributed by atoms with Crippen molar-refractivity contribution >= 4 is 0 Å². The van der Waals surface area contributed by atoms with Gasteiger partial charge < -0.3 is 14.6 Å². The van der Waals surface area contributed by atoms with Gasteiger partial charge in [0.25, 0.3) is 0 Å². The molecule has 4 nitrogen and oxygen atoms in total. The fraction of sp³-hybridized carbons (Fsp3) is 0.600. The summed E-state index contributed by atoms with van der Waals surface area (Å²) in [4.78, 5) is 2.03. The Kier molecular flexibility index (Phi) is 3.74. The first-order chi connectivity index (χ1) is 8.80. The van der Waals surface area contributed by atoms with Crippen LogP contribution in [0.15, 0.2) is 12.1 Å². The van der Waals surface area contributed by atoms with Gasteiger partial charge in [0.2, 0.25) is 0 Å². The van der Waals surface area contributed by atoms with E-state index in [-0.39, 0.29) is 6.04 Å². The summed E-state index contributed by atoms with van der Waals surface area (Å²) in [7, 11) is 3.94. The van der Waals surface area contributed by atoms with Gasteiger partial charge in [-0.25, -0.2) is 0 Å². The molecule has 0 spiro atoms. The van der Waals surface area contributed by atoms with E-state index in [1.54, 1.807) is 0 Å². The fourth-order valence-corrected chi connectivity index (χ4v) is 2.79. The van der Waals surface area contributed by atoms with Crippen LogP contribution >= 0.6 is 0 Å². The van der Waals surface area contributed by atoms with E-state index in [4.69, 9.17) is 9.47 Å². The zero-order valence-electron chi connectivity index (χ0n) is 12.4. The maximum absolute atomic E-state index is 10.4. The molecule has 1 atom stereocenters. The van der Waals surface area contributed by atoms with Crippen molar-refractivity contribution in [2.45, 2.75) is 32.4 Å². The standard InChI is InChI=1S/C15H23NO3/c1-10-8-12-13(19-7-6-18-12)9-11(10)14(16(4)5)15(2,3)17/h8-9,14,17H,6-7H2,1-5H3. The lowest BCUT2D eigenvalue weighted by Gasteiger charge is -2.36. The second kappa shape index (κ2) is 5.02. The molecule has 0 fully saturated rings. The van der Waals surface area contributed by atoms with E-state index >= 15 is 0 Å². The van der Waals surface area contributed by atoms with E-state index in [9.17, 15) is 5.11 Å². The Balaban J connectivity index is 2.48. The maximum atomic E-state index is 10.4. The molecule has 1 aromatic carbocycles. The van der Waals surface area contributed by atoms with Crippen molar-refractivity contribution in [3.63, 3.8) is 0 Å². The minimum absolute atomic E-state index is 0.0941. The number of likely N-dealkylation sites (N-methyl/N-ethyl adjacent to an activating group) is 1. The van der Waals surface area contributed by atoms with Crippen LogP contribution in [-0.4, -0.2) is 42.9 Å². The molecule has 1 unspecified atom stereocenters. The number of ether oxygens (including phenoxy) is 2. The van der Waals surface area contributed by atoms with Gasteiger partial charge in [-0.2, -0.15) is 0 Å². The first-order valence-electron chi connectivity index (χ1n) is 6.59. The second-order valence-electron chi connectivity index (χ2n) is 5.87. The highest BCUT2D eigenvalue weighted by atomic mass is 16.6. The molecule has 2 rings (SSSR count). The van der Waals surface area contributed by atoms with E-state index in [0.29, 0.717) is 13.2 Å². The molecule has 0 aromatic heterocycles. The average Bonchev–Trinajstić information content (AvgIpc) is 2.27. The van der Waals surface area contributed by atoms with Gasteiger partial charge in [0.1, 0.15) is 13.2 Å². The van der Waals surface area contributed by atoms with Gasteiger partial charge in [-0.05, 0) is 58.1 Å². The average molecular weight is 265 g/mol. The van der Waals surface area contributed by atoms with Crippen molar-refractivity contribution in [2.24, 2.45) is 0 Å². The van der Waals surface area contributed by atoms with Crippen LogP contribution in [0, 0.1) is 6.92 Å². The van der Waals surface area contributed by atoms with Crippen molar-refractivity contribution in [2.75, 3.05) is 27.3 Å². The Labute approximate surface area is 114 Å². The number of fused-ring (bicyclic) bond motifs is 1. The van der Waals surface area contributed by atoms with E-state index in [0.717, 1.165) is 22.6 Å². The van der Waals surface area contributed by atoms with Crippen LogP contribution in [0.3, 0.4) is 0 Å². The largest absolute Gasteiger partial charge is 0.486 e. The van der Waals surface area contributed by atoms with Crippen molar-refractivity contribution in [1.82, 2.24) is 4.90 Å². The molecular weight excluding hydrogens is 242 g/mol. The lowest BCUT2D eigenvalue weighted by atomic mass is 9.88. The van der Waals surface area contributed by atoms with Gasteiger partial charge in [0, 0.05) is 0 Å². The summed E-state index contributed by atoms with van der Waals surface area (Å²) >= 11 is 0. The lowest BCUT2D eigenvalue weighted by Crippen LogP contribution is -2.39. The van der Waals surface area contributed by atoms with Gasteiger partial charge in [-0.3, -0.25) is 4.90 Å². The fourth-order valence-electron chi connectivity index (χ4n) is 2.79. The first kappa shape index (κ1) is 14.2. The third kappa shape index (κ3) is 2.85. The lowest BCUT2D eigenvalue weighted by molar-refractivity contribution is -0.00361. The smallest absolute Gasteiger partial charge is 0.161 e. The molecule has 0 amide bonds. The van der Waals surface area contributed by atoms with Gasteiger partial charge in [-0.1, -0.05) is 0 Å². The van der Waals surface area contributed by atoms with Crippen LogP contribution in [-0.2, 0) is 0 Å². The van der Waals surface area contributed by atoms with Crippen LogP contribution < -0.4 is 9.47 Å². The van der Waals surface area contributed by atoms with E-state index in [1.165, 1.54) is 0 Å². The quantitative estimate of drug-likeness (QED) is 0.909. The third-order valence-corrected chi connectivity index (χ3v) is 3.41. The van der Waals surface area contributed by atoms with Crippen molar-refractivity contribution < 1.29 is 14.6 Å². The molecule has 1 heterocycles. The van der Waals surface area contributed by atoms with Crippen LogP contribution in [0.25, 0.3) is 0 Å². The zero-order valence-corrected chi connectivity index (χ0v) is 12.4. The van der Waals surface area contributed by atoms with Crippen molar-refractivity contribution in [1.29, 1.82) is 0 Å². The summed E-state index contributed by atoms with van der Waals surface area (Å²) in [5.74, 6) is 1.56. The molecular formula is C15H23NO3. The Morgan fingerprint density at radius 3 is 2.16 bits per heavy atom. The Morgan fingerprint density at radius 2 is 1.68 bits per heavy atom. The van der Waals surface area contributed by atoms with Crippen LogP contribution in [0.2, 0.25) is 0 Å². The first-order valence-corrected chi connectivity index (χ1v) is 6.59. The van der Waals surface area contributed by atoms with Gasteiger partial charge in [0.15, 0.2) is 11.5 Å². The predicted molar refractivity (Wildman–Crippen MR) is 74.9 cm³/mol. The Morgan fingerprint density at radius 1 is 1.16 bits per heavy atom. The molecule has 0 saturated carbocycles. The zero-order chi connectivity index (χ0) is 14.2. The number of aliphatic hydroxyl groups is 1. The summed E-state index contributed by atoms with van der Waals surface area (Å²) in [6.07, 6.45) is 0. The van der Waals surface area contributed by atoms with Crippen LogP contribution in [0.1, 0.15) is 31.0 Å². The monoisotopic (exact) mass is 265 g/mol. The predicted octanol–water partition coefficient (Wildman–Crippen LogP) is 2.14. The summed E-state index contributed by atoms with van der Waals surface area (Å²) in [5, 5.41) is 10.4. The molecule has 0 aliphatic carbocycles. The van der Waals surface area contributed by atoms with E-state index in [2.05, 4.69) is 0 Å². The van der Waals surface area contributed by atoms with Gasteiger partial charge in [-0.15, -0.1) is 0 Å². The molecule has 1 aliphatic heterocycles. The van der Waals surface area contributed by atoms with Crippen molar-refractivity contribution in [3.05, 3.63) is 23.3 Å². The second-order valence-corrected chi connectivity index (χ2v) is 5.87. The molecule has 0 bridgehead atoms. The molecule has 19 heavy (non-hydrogen) atoms. The number of aryl methyl sites for hydroxylation is 1. The highest BCUT2D eigenvalue weighted by molar-refractivity contribution is 5.49. The molecule has 1 N–H and O–H groups in total. The number of nitrogens with zero attached hydrogens (tertiary/aromatic N) is 1. The minimum Gasteiger partial charge on any atom is -0.486 e. The van der Waals surface area contributed by atoms with E-state index in [1.807, 2.05) is 51.9 Å². The Bertz CT molecular complexity index is 463. The molecule has 1 aliphatic rings. The summed E-state index contributed by atoms with van der Waals surface area (Å²) in [6, 6.07) is 3.89. The summed E-state index contributed by atoms with van der Waals surface area (Å²) < 4.78 is 11.2. The van der Waals surface area contributed by atoms with Gasteiger partial charge in [0.05, 0.1) is 11.6 Å². The SMILES string of the molecule is Cc1cc2c(cc1C(N(C)C)C(C)(C)O)OCCO2. The number of rotatable bonds is 3. The minimum atomic E-state index is -0.835. The molecule has 0 radical (unpaired) electrons. The van der Waals surface area contributed by atoms with Crippen LogP contribution in [0.4, 0.5) is 0 Å². The molecule has 1 aromatic rings. The normalized spacial score (nSPS) is 16.6. The maximum Gasteiger partial charge on any atom is 0.161 e. The number of benzene rings is 1. The van der Waals surface area contributed by atoms with Crippen molar-refractivity contribution in [3.8, 4) is 11.5 Å². The summed E-state index contributed by atoms with van der Waals surface area (Å²) in [6.45, 7) is 6.86. The Hall–Kier alpha value is -1.26. The third-order valence-electron chi connectivity index (χ3n) is 3.41. The topological polar surface area (TPSA) is 41.9 Å².